The molecule has 2 N–H and O–H groups in total. The highest BCUT2D eigenvalue weighted by Crippen LogP contribution is 2.23. The third kappa shape index (κ3) is 1.58. The van der Waals surface area contributed by atoms with Crippen LogP contribution in [-0.4, -0.2) is 14.8 Å². The summed E-state index contributed by atoms with van der Waals surface area (Å²) in [5, 5.41) is 8.13. The number of nitrogens with two attached hydrogens (primary N) is 1. The average molecular weight is 182 g/mol. The van der Waals surface area contributed by atoms with Crippen LogP contribution >= 0.6 is 0 Å². The molecule has 13 heavy (non-hydrogen) atoms. The maximum absolute atomic E-state index is 6.21. The van der Waals surface area contributed by atoms with Gasteiger partial charge in [-0.1, -0.05) is 13.8 Å². The van der Waals surface area contributed by atoms with Gasteiger partial charge in [0.15, 0.2) is 5.82 Å². The molecule has 0 spiro atoms. The Morgan fingerprint density at radius 3 is 2.15 bits per heavy atom. The Kier molecular flexibility index (Phi) is 2.71. The first-order valence-corrected chi connectivity index (χ1v) is 4.70. The number of aromatic nitrogens is 3. The van der Waals surface area contributed by atoms with Crippen molar-refractivity contribution in [3.8, 4) is 0 Å². The van der Waals surface area contributed by atoms with Crippen molar-refractivity contribution < 1.29 is 0 Å². The maximum Gasteiger partial charge on any atom is 0.152 e. The Hall–Kier alpha value is -0.900. The summed E-state index contributed by atoms with van der Waals surface area (Å²) in [5.41, 5.74) is 5.89. The van der Waals surface area contributed by atoms with Gasteiger partial charge in [0.2, 0.25) is 0 Å². The van der Waals surface area contributed by atoms with Crippen molar-refractivity contribution in [3.05, 3.63) is 11.6 Å². The number of rotatable bonds is 3. The summed E-state index contributed by atoms with van der Waals surface area (Å²) in [7, 11) is 1.96. The lowest BCUT2D eigenvalue weighted by molar-refractivity contribution is 0.374. The van der Waals surface area contributed by atoms with E-state index in [-0.39, 0.29) is 5.54 Å². The molecule has 0 amide bonds. The van der Waals surface area contributed by atoms with Crippen LogP contribution in [0, 0.1) is 6.92 Å². The van der Waals surface area contributed by atoms with Gasteiger partial charge >= 0.3 is 0 Å². The first-order valence-electron chi connectivity index (χ1n) is 4.70. The topological polar surface area (TPSA) is 56.7 Å². The van der Waals surface area contributed by atoms with Crippen molar-refractivity contribution in [2.75, 3.05) is 0 Å². The smallest absolute Gasteiger partial charge is 0.152 e. The summed E-state index contributed by atoms with van der Waals surface area (Å²) in [5.74, 6) is 1.79. The lowest BCUT2D eigenvalue weighted by Crippen LogP contribution is -2.38. The van der Waals surface area contributed by atoms with Crippen molar-refractivity contribution >= 4 is 0 Å². The van der Waals surface area contributed by atoms with E-state index in [1.807, 2.05) is 18.5 Å². The largest absolute Gasteiger partial charge is 0.319 e. The summed E-state index contributed by atoms with van der Waals surface area (Å²) < 4.78 is 1.97. The van der Waals surface area contributed by atoms with Crippen molar-refractivity contribution in [2.24, 2.45) is 12.8 Å². The molecular weight excluding hydrogens is 164 g/mol. The van der Waals surface area contributed by atoms with Crippen LogP contribution in [-0.2, 0) is 12.6 Å². The molecule has 0 saturated carbocycles. The van der Waals surface area contributed by atoms with E-state index in [1.165, 1.54) is 0 Å². The normalized spacial score (nSPS) is 12.1. The van der Waals surface area contributed by atoms with Gasteiger partial charge in [0.05, 0.1) is 5.54 Å². The fourth-order valence-electron chi connectivity index (χ4n) is 1.41. The zero-order chi connectivity index (χ0) is 10.1. The molecular formula is C9H18N4. The first kappa shape index (κ1) is 10.2. The van der Waals surface area contributed by atoms with Crippen LogP contribution in [0.4, 0.5) is 0 Å². The number of aryl methyl sites for hydroxylation is 1. The van der Waals surface area contributed by atoms with Crippen molar-refractivity contribution in [2.45, 2.75) is 39.2 Å². The third-order valence-corrected chi connectivity index (χ3v) is 2.80. The molecule has 0 saturated heterocycles. The molecule has 0 aliphatic rings. The predicted molar refractivity (Wildman–Crippen MR) is 52.2 cm³/mol. The van der Waals surface area contributed by atoms with Crippen LogP contribution in [0.2, 0.25) is 0 Å². The molecule has 0 fully saturated rings. The van der Waals surface area contributed by atoms with Gasteiger partial charge in [-0.15, -0.1) is 10.2 Å². The van der Waals surface area contributed by atoms with Gasteiger partial charge < -0.3 is 10.3 Å². The molecule has 1 aromatic heterocycles. The molecule has 0 radical (unpaired) electrons. The van der Waals surface area contributed by atoms with E-state index in [0.29, 0.717) is 0 Å². The maximum atomic E-state index is 6.21. The minimum absolute atomic E-state index is 0.323. The second-order valence-electron chi connectivity index (χ2n) is 3.49. The number of nitrogens with zero attached hydrogens (tertiary/aromatic N) is 3. The third-order valence-electron chi connectivity index (χ3n) is 2.80. The second kappa shape index (κ2) is 3.46. The van der Waals surface area contributed by atoms with Crippen LogP contribution in [0.15, 0.2) is 0 Å². The van der Waals surface area contributed by atoms with Gasteiger partial charge in [-0.25, -0.2) is 0 Å². The molecule has 0 unspecified atom stereocenters. The lowest BCUT2D eigenvalue weighted by Gasteiger charge is -2.25. The Bertz CT molecular complexity index is 286. The molecule has 0 aliphatic carbocycles. The Morgan fingerprint density at radius 2 is 1.85 bits per heavy atom. The SMILES string of the molecule is CCC(N)(CC)c1nnc(C)n1C. The Balaban J connectivity index is 3.12. The standard InChI is InChI=1S/C9H18N4/c1-5-9(10,6-2)8-12-11-7(3)13(8)4/h5-6,10H2,1-4H3. The van der Waals surface area contributed by atoms with E-state index < -0.39 is 0 Å². The molecule has 1 heterocycles. The molecule has 0 bridgehead atoms. The van der Waals surface area contributed by atoms with E-state index in [4.69, 9.17) is 5.73 Å². The van der Waals surface area contributed by atoms with E-state index in [0.717, 1.165) is 24.5 Å². The number of hydrogen-bond acceptors (Lipinski definition) is 3. The highest BCUT2D eigenvalue weighted by Gasteiger charge is 2.28. The van der Waals surface area contributed by atoms with Crippen molar-refractivity contribution in [1.29, 1.82) is 0 Å². The monoisotopic (exact) mass is 182 g/mol. The predicted octanol–water partition coefficient (Wildman–Crippen LogP) is 1.10. The Labute approximate surface area is 79.2 Å². The van der Waals surface area contributed by atoms with Crippen LogP contribution in [0.25, 0.3) is 0 Å². The van der Waals surface area contributed by atoms with E-state index in [1.54, 1.807) is 0 Å². The quantitative estimate of drug-likeness (QED) is 0.761. The van der Waals surface area contributed by atoms with E-state index in [9.17, 15) is 0 Å². The molecule has 1 aromatic rings. The number of hydrogen-bond donors (Lipinski definition) is 1. The zero-order valence-corrected chi connectivity index (χ0v) is 8.83. The van der Waals surface area contributed by atoms with Gasteiger partial charge in [-0.3, -0.25) is 0 Å². The average Bonchev–Trinajstić information content (AvgIpc) is 2.47. The minimum Gasteiger partial charge on any atom is -0.319 e. The van der Waals surface area contributed by atoms with Crippen LogP contribution < -0.4 is 5.73 Å². The molecule has 74 valence electrons. The summed E-state index contributed by atoms with van der Waals surface area (Å²) in [6.07, 6.45) is 1.77. The summed E-state index contributed by atoms with van der Waals surface area (Å²) in [4.78, 5) is 0. The van der Waals surface area contributed by atoms with Crippen LogP contribution in [0.1, 0.15) is 38.3 Å². The fraction of sp³-hybridized carbons (Fsp3) is 0.778. The van der Waals surface area contributed by atoms with Gasteiger partial charge in [0, 0.05) is 7.05 Å². The lowest BCUT2D eigenvalue weighted by atomic mass is 9.93. The summed E-state index contributed by atoms with van der Waals surface area (Å²) >= 11 is 0. The first-order chi connectivity index (χ1) is 6.05. The molecule has 0 atom stereocenters. The zero-order valence-electron chi connectivity index (χ0n) is 8.83. The second-order valence-corrected chi connectivity index (χ2v) is 3.49. The van der Waals surface area contributed by atoms with E-state index >= 15 is 0 Å². The van der Waals surface area contributed by atoms with Crippen LogP contribution in [0.5, 0.6) is 0 Å². The van der Waals surface area contributed by atoms with Crippen LogP contribution in [0.3, 0.4) is 0 Å². The molecule has 1 rings (SSSR count). The highest BCUT2D eigenvalue weighted by molar-refractivity contribution is 5.06. The Morgan fingerprint density at radius 1 is 1.31 bits per heavy atom. The fourth-order valence-corrected chi connectivity index (χ4v) is 1.41. The minimum atomic E-state index is -0.323. The summed E-state index contributed by atoms with van der Waals surface area (Å²) in [6.45, 7) is 6.09. The van der Waals surface area contributed by atoms with Gasteiger partial charge in [-0.2, -0.15) is 0 Å². The van der Waals surface area contributed by atoms with Crippen molar-refractivity contribution in [3.63, 3.8) is 0 Å². The van der Waals surface area contributed by atoms with Gasteiger partial charge in [-0.05, 0) is 19.8 Å². The molecule has 4 nitrogen and oxygen atoms in total. The molecule has 0 aromatic carbocycles. The highest BCUT2D eigenvalue weighted by atomic mass is 15.3. The molecule has 4 heteroatoms. The van der Waals surface area contributed by atoms with Crippen molar-refractivity contribution in [1.82, 2.24) is 14.8 Å². The summed E-state index contributed by atoms with van der Waals surface area (Å²) in [6, 6.07) is 0. The van der Waals surface area contributed by atoms with E-state index in [2.05, 4.69) is 24.0 Å². The van der Waals surface area contributed by atoms with Gasteiger partial charge in [0.1, 0.15) is 5.82 Å². The van der Waals surface area contributed by atoms with Gasteiger partial charge in [0.25, 0.3) is 0 Å². The molecule has 0 aliphatic heterocycles.